The summed E-state index contributed by atoms with van der Waals surface area (Å²) in [6.07, 6.45) is 1.54. The molecule has 2 aromatic rings. The van der Waals surface area contributed by atoms with Gasteiger partial charge in [0.25, 0.3) is 0 Å². The molecule has 0 unspecified atom stereocenters. The summed E-state index contributed by atoms with van der Waals surface area (Å²) in [4.78, 5) is 26.4. The number of hydrogen-bond donors (Lipinski definition) is 2. The molecular weight excluding hydrogens is 300 g/mol. The molecular formula is C15H16N4O4. The van der Waals surface area contributed by atoms with Gasteiger partial charge in [0.05, 0.1) is 0 Å². The highest BCUT2D eigenvalue weighted by Crippen LogP contribution is 2.16. The Balaban J connectivity index is 1.88. The van der Waals surface area contributed by atoms with Crippen LogP contribution in [0.25, 0.3) is 0 Å². The lowest BCUT2D eigenvalue weighted by Gasteiger charge is -2.05. The zero-order valence-electron chi connectivity index (χ0n) is 12.5. The van der Waals surface area contributed by atoms with Gasteiger partial charge in [-0.3, -0.25) is 9.59 Å². The third-order valence-electron chi connectivity index (χ3n) is 2.61. The molecule has 0 saturated carbocycles. The summed E-state index contributed by atoms with van der Waals surface area (Å²) in [7, 11) is 0. The number of hydrogen-bond acceptors (Lipinski definition) is 6. The van der Waals surface area contributed by atoms with Crippen LogP contribution in [-0.4, -0.2) is 28.5 Å². The molecule has 0 aliphatic rings. The van der Waals surface area contributed by atoms with Gasteiger partial charge in [-0.15, -0.1) is 6.58 Å². The minimum absolute atomic E-state index is 0.0533. The minimum atomic E-state index is -0.469. The number of amides is 2. The van der Waals surface area contributed by atoms with E-state index in [0.717, 1.165) is 0 Å². The van der Waals surface area contributed by atoms with Gasteiger partial charge in [0.2, 0.25) is 11.7 Å². The number of carbonyl (C=O) groups is 2. The molecule has 1 heterocycles. The van der Waals surface area contributed by atoms with Crippen LogP contribution in [0.2, 0.25) is 0 Å². The second kappa shape index (κ2) is 7.74. The highest BCUT2D eigenvalue weighted by atomic mass is 16.5. The number of rotatable bonds is 7. The van der Waals surface area contributed by atoms with Crippen LogP contribution in [0, 0.1) is 0 Å². The van der Waals surface area contributed by atoms with E-state index in [-0.39, 0.29) is 24.2 Å². The molecule has 23 heavy (non-hydrogen) atoms. The normalized spacial score (nSPS) is 9.96. The molecule has 0 aliphatic carbocycles. The van der Waals surface area contributed by atoms with Crippen LogP contribution in [-0.2, 0) is 11.4 Å². The van der Waals surface area contributed by atoms with Crippen molar-refractivity contribution in [3.05, 3.63) is 48.6 Å². The minimum Gasteiger partial charge on any atom is -0.485 e. The molecule has 8 nitrogen and oxygen atoms in total. The predicted molar refractivity (Wildman–Crippen MR) is 81.9 cm³/mol. The number of carbonyl (C=O) groups excluding carboxylic acids is 2. The van der Waals surface area contributed by atoms with Gasteiger partial charge in [-0.2, -0.15) is 4.98 Å². The molecule has 2 amide bonds. The van der Waals surface area contributed by atoms with Gasteiger partial charge in [-0.25, -0.2) is 0 Å². The molecule has 1 aromatic carbocycles. The molecule has 2 rings (SSSR count). The maximum Gasteiger partial charge on any atom is 0.316 e. The molecule has 0 atom stereocenters. The van der Waals surface area contributed by atoms with Crippen molar-refractivity contribution in [3.63, 3.8) is 0 Å². The van der Waals surface area contributed by atoms with E-state index in [1.807, 2.05) is 0 Å². The first-order valence-corrected chi connectivity index (χ1v) is 6.80. The van der Waals surface area contributed by atoms with Crippen LogP contribution in [0.4, 0.5) is 5.69 Å². The third kappa shape index (κ3) is 4.95. The Morgan fingerprint density at radius 2 is 2.09 bits per heavy atom. The quantitative estimate of drug-likeness (QED) is 0.750. The van der Waals surface area contributed by atoms with E-state index < -0.39 is 5.91 Å². The molecule has 8 heteroatoms. The highest BCUT2D eigenvalue weighted by molar-refractivity contribution is 5.89. The standard InChI is InChI=1S/C15H16N4O4/c1-3-8-16-14(21)15-18-13(19-23-15)9-22-12-6-4-11(5-7-12)17-10(2)20/h3-7H,1,8-9H2,2H3,(H,16,21)(H,17,20). The Labute approximate surface area is 132 Å². The summed E-state index contributed by atoms with van der Waals surface area (Å²) >= 11 is 0. The smallest absolute Gasteiger partial charge is 0.316 e. The average molecular weight is 316 g/mol. The SMILES string of the molecule is C=CCNC(=O)c1nc(COc2ccc(NC(C)=O)cc2)no1. The molecule has 0 bridgehead atoms. The molecule has 0 radical (unpaired) electrons. The van der Waals surface area contributed by atoms with Crippen molar-refractivity contribution in [2.45, 2.75) is 13.5 Å². The fourth-order valence-corrected chi connectivity index (χ4v) is 1.63. The van der Waals surface area contributed by atoms with E-state index in [0.29, 0.717) is 18.0 Å². The van der Waals surface area contributed by atoms with Crippen molar-refractivity contribution in [1.82, 2.24) is 15.5 Å². The summed E-state index contributed by atoms with van der Waals surface area (Å²) < 4.78 is 10.3. The van der Waals surface area contributed by atoms with E-state index in [9.17, 15) is 9.59 Å². The summed E-state index contributed by atoms with van der Waals surface area (Å²) in [5.41, 5.74) is 0.672. The summed E-state index contributed by atoms with van der Waals surface area (Å²) in [6, 6.07) is 6.81. The molecule has 1 aromatic heterocycles. The Kier molecular flexibility index (Phi) is 5.45. The molecule has 120 valence electrons. The molecule has 0 spiro atoms. The largest absolute Gasteiger partial charge is 0.485 e. The van der Waals surface area contributed by atoms with Crippen molar-refractivity contribution in [1.29, 1.82) is 0 Å². The van der Waals surface area contributed by atoms with Gasteiger partial charge in [-0.1, -0.05) is 11.2 Å². The third-order valence-corrected chi connectivity index (χ3v) is 2.61. The lowest BCUT2D eigenvalue weighted by Crippen LogP contribution is -2.23. The maximum atomic E-state index is 11.6. The van der Waals surface area contributed by atoms with Crippen molar-refractivity contribution in [2.75, 3.05) is 11.9 Å². The number of nitrogens with zero attached hydrogens (tertiary/aromatic N) is 2. The monoisotopic (exact) mass is 316 g/mol. The first-order valence-electron chi connectivity index (χ1n) is 6.80. The van der Waals surface area contributed by atoms with Crippen molar-refractivity contribution in [3.8, 4) is 5.75 Å². The number of ether oxygens (including phenoxy) is 1. The lowest BCUT2D eigenvalue weighted by molar-refractivity contribution is -0.114. The number of nitrogens with one attached hydrogen (secondary N) is 2. The van der Waals surface area contributed by atoms with Crippen molar-refractivity contribution < 1.29 is 18.8 Å². The van der Waals surface area contributed by atoms with E-state index in [1.165, 1.54) is 6.92 Å². The fourth-order valence-electron chi connectivity index (χ4n) is 1.63. The van der Waals surface area contributed by atoms with Gasteiger partial charge < -0.3 is 19.9 Å². The van der Waals surface area contributed by atoms with Gasteiger partial charge in [0.15, 0.2) is 6.61 Å². The first kappa shape index (κ1) is 16.2. The van der Waals surface area contributed by atoms with E-state index in [4.69, 9.17) is 9.26 Å². The molecule has 0 saturated heterocycles. The second-order valence-electron chi connectivity index (χ2n) is 4.51. The predicted octanol–water partition coefficient (Wildman–Crippen LogP) is 1.52. The molecule has 0 aliphatic heterocycles. The van der Waals surface area contributed by atoms with Crippen LogP contribution in [0.15, 0.2) is 41.4 Å². The van der Waals surface area contributed by atoms with Gasteiger partial charge >= 0.3 is 11.8 Å². The van der Waals surface area contributed by atoms with E-state index >= 15 is 0 Å². The van der Waals surface area contributed by atoms with Crippen LogP contribution in [0.5, 0.6) is 5.75 Å². The second-order valence-corrected chi connectivity index (χ2v) is 4.51. The number of anilines is 1. The first-order chi connectivity index (χ1) is 11.1. The van der Waals surface area contributed by atoms with Crippen LogP contribution < -0.4 is 15.4 Å². The molecule has 0 fully saturated rings. The Morgan fingerprint density at radius 3 is 2.74 bits per heavy atom. The number of aromatic nitrogens is 2. The number of benzene rings is 1. The van der Waals surface area contributed by atoms with Crippen molar-refractivity contribution in [2.24, 2.45) is 0 Å². The zero-order valence-corrected chi connectivity index (χ0v) is 12.5. The zero-order chi connectivity index (χ0) is 16.7. The van der Waals surface area contributed by atoms with Gasteiger partial charge in [0.1, 0.15) is 5.75 Å². The maximum absolute atomic E-state index is 11.6. The topological polar surface area (TPSA) is 106 Å². The average Bonchev–Trinajstić information content (AvgIpc) is 3.00. The van der Waals surface area contributed by atoms with Gasteiger partial charge in [-0.05, 0) is 24.3 Å². The summed E-state index contributed by atoms with van der Waals surface area (Å²) in [6.45, 7) is 5.29. The van der Waals surface area contributed by atoms with E-state index in [1.54, 1.807) is 30.3 Å². The lowest BCUT2D eigenvalue weighted by atomic mass is 10.3. The van der Waals surface area contributed by atoms with E-state index in [2.05, 4.69) is 27.4 Å². The summed E-state index contributed by atoms with van der Waals surface area (Å²) in [5, 5.41) is 8.84. The van der Waals surface area contributed by atoms with Crippen LogP contribution in [0.3, 0.4) is 0 Å². The fraction of sp³-hybridized carbons (Fsp3) is 0.200. The molecule has 2 N–H and O–H groups in total. The van der Waals surface area contributed by atoms with Crippen LogP contribution in [0.1, 0.15) is 23.4 Å². The van der Waals surface area contributed by atoms with Crippen molar-refractivity contribution >= 4 is 17.5 Å². The highest BCUT2D eigenvalue weighted by Gasteiger charge is 2.14. The Morgan fingerprint density at radius 1 is 1.35 bits per heavy atom. The van der Waals surface area contributed by atoms with Gasteiger partial charge in [0, 0.05) is 19.2 Å². The van der Waals surface area contributed by atoms with Crippen LogP contribution >= 0.6 is 0 Å². The Hall–Kier alpha value is -3.16. The summed E-state index contributed by atoms with van der Waals surface area (Å²) in [5.74, 6) is 0.0729. The Bertz CT molecular complexity index is 694.